The summed E-state index contributed by atoms with van der Waals surface area (Å²) in [4.78, 5) is 26.2. The third-order valence-corrected chi connectivity index (χ3v) is 2.62. The Balaban J connectivity index is 1.78. The number of anilines is 1. The molecule has 1 amide bonds. The van der Waals surface area contributed by atoms with Gasteiger partial charge in [-0.15, -0.1) is 0 Å². The fourth-order valence-corrected chi connectivity index (χ4v) is 1.58. The number of pyridine rings is 1. The van der Waals surface area contributed by atoms with E-state index in [1.54, 1.807) is 0 Å². The van der Waals surface area contributed by atoms with E-state index in [4.69, 9.17) is 9.84 Å². The highest BCUT2D eigenvalue weighted by Gasteiger charge is 2.06. The summed E-state index contributed by atoms with van der Waals surface area (Å²) in [5.74, 6) is -0.294. The molecule has 0 spiro atoms. The van der Waals surface area contributed by atoms with Gasteiger partial charge in [0.05, 0.1) is 18.6 Å². The summed E-state index contributed by atoms with van der Waals surface area (Å²) >= 11 is 0. The summed E-state index contributed by atoms with van der Waals surface area (Å²) < 4.78 is 5.41. The third-order valence-electron chi connectivity index (χ3n) is 2.62. The molecule has 0 saturated carbocycles. The number of aromatic carboxylic acids is 1. The first-order valence-electron chi connectivity index (χ1n) is 6.32. The molecule has 0 saturated heterocycles. The molecule has 1 aromatic carbocycles. The van der Waals surface area contributed by atoms with Crippen molar-refractivity contribution in [3.8, 4) is 5.75 Å². The van der Waals surface area contributed by atoms with Gasteiger partial charge >= 0.3 is 5.97 Å². The average molecular weight is 286 g/mol. The number of aromatic nitrogens is 1. The highest BCUT2D eigenvalue weighted by Crippen LogP contribution is 2.09. The second-order valence-corrected chi connectivity index (χ2v) is 4.20. The molecule has 0 radical (unpaired) electrons. The van der Waals surface area contributed by atoms with Gasteiger partial charge in [-0.25, -0.2) is 9.78 Å². The molecule has 0 fully saturated rings. The van der Waals surface area contributed by atoms with Crippen molar-refractivity contribution in [2.24, 2.45) is 0 Å². The second kappa shape index (κ2) is 7.04. The van der Waals surface area contributed by atoms with Crippen LogP contribution in [-0.2, 0) is 4.79 Å². The van der Waals surface area contributed by atoms with Gasteiger partial charge in [0.2, 0.25) is 5.91 Å². The van der Waals surface area contributed by atoms with Crippen LogP contribution in [0, 0.1) is 0 Å². The lowest BCUT2D eigenvalue weighted by Gasteiger charge is -2.06. The maximum absolute atomic E-state index is 11.7. The van der Waals surface area contributed by atoms with Gasteiger partial charge in [-0.05, 0) is 24.3 Å². The van der Waals surface area contributed by atoms with E-state index in [9.17, 15) is 9.59 Å². The van der Waals surface area contributed by atoms with Crippen molar-refractivity contribution in [2.75, 3.05) is 11.9 Å². The number of carboxylic acid groups (broad SMARTS) is 1. The smallest absolute Gasteiger partial charge is 0.337 e. The molecule has 21 heavy (non-hydrogen) atoms. The molecular weight excluding hydrogens is 272 g/mol. The predicted octanol–water partition coefficient (Wildman–Crippen LogP) is 2.19. The van der Waals surface area contributed by atoms with Gasteiger partial charge in [0.1, 0.15) is 11.6 Å². The summed E-state index contributed by atoms with van der Waals surface area (Å²) in [6.45, 7) is 0.253. The normalized spacial score (nSPS) is 9.90. The predicted molar refractivity (Wildman–Crippen MR) is 76.4 cm³/mol. The Kier molecular flexibility index (Phi) is 4.87. The topological polar surface area (TPSA) is 88.5 Å². The van der Waals surface area contributed by atoms with E-state index in [1.165, 1.54) is 18.3 Å². The van der Waals surface area contributed by atoms with Crippen molar-refractivity contribution in [3.63, 3.8) is 0 Å². The minimum Gasteiger partial charge on any atom is -0.493 e. The summed E-state index contributed by atoms with van der Waals surface area (Å²) in [6.07, 6.45) is 1.37. The van der Waals surface area contributed by atoms with E-state index in [2.05, 4.69) is 10.3 Å². The van der Waals surface area contributed by atoms with Crippen molar-refractivity contribution >= 4 is 17.7 Å². The molecule has 1 aromatic heterocycles. The Labute approximate surface area is 121 Å². The summed E-state index contributed by atoms with van der Waals surface area (Å²) in [6, 6.07) is 12.0. The molecule has 0 aliphatic rings. The number of ether oxygens (including phenoxy) is 1. The lowest BCUT2D eigenvalue weighted by Crippen LogP contribution is -2.16. The lowest BCUT2D eigenvalue weighted by molar-refractivity contribution is -0.116. The molecule has 0 aliphatic heterocycles. The molecule has 0 aliphatic carbocycles. The molecule has 0 atom stereocenters. The van der Waals surface area contributed by atoms with E-state index in [-0.39, 0.29) is 24.5 Å². The molecule has 108 valence electrons. The van der Waals surface area contributed by atoms with E-state index in [0.717, 1.165) is 0 Å². The quantitative estimate of drug-likeness (QED) is 0.849. The number of amides is 1. The maximum Gasteiger partial charge on any atom is 0.337 e. The Hall–Kier alpha value is -2.89. The zero-order valence-electron chi connectivity index (χ0n) is 11.2. The van der Waals surface area contributed by atoms with Gasteiger partial charge in [0, 0.05) is 6.20 Å². The van der Waals surface area contributed by atoms with Crippen LogP contribution >= 0.6 is 0 Å². The molecule has 0 unspecified atom stereocenters. The van der Waals surface area contributed by atoms with Crippen molar-refractivity contribution in [3.05, 3.63) is 54.2 Å². The van der Waals surface area contributed by atoms with Gasteiger partial charge < -0.3 is 15.2 Å². The van der Waals surface area contributed by atoms with Crippen LogP contribution in [0.5, 0.6) is 5.75 Å². The van der Waals surface area contributed by atoms with Crippen LogP contribution in [0.15, 0.2) is 48.7 Å². The molecule has 2 aromatic rings. The minimum atomic E-state index is -1.06. The average Bonchev–Trinajstić information content (AvgIpc) is 2.49. The van der Waals surface area contributed by atoms with E-state index in [0.29, 0.717) is 11.6 Å². The van der Waals surface area contributed by atoms with Crippen molar-refractivity contribution in [1.82, 2.24) is 4.98 Å². The van der Waals surface area contributed by atoms with E-state index < -0.39 is 5.97 Å². The number of rotatable bonds is 6. The Morgan fingerprint density at radius 1 is 1.14 bits per heavy atom. The lowest BCUT2D eigenvalue weighted by atomic mass is 10.3. The number of hydrogen-bond acceptors (Lipinski definition) is 4. The van der Waals surface area contributed by atoms with Gasteiger partial charge in [0.15, 0.2) is 0 Å². The van der Waals surface area contributed by atoms with Crippen LogP contribution < -0.4 is 10.1 Å². The van der Waals surface area contributed by atoms with Gasteiger partial charge in [-0.1, -0.05) is 18.2 Å². The van der Waals surface area contributed by atoms with Crippen LogP contribution in [-0.4, -0.2) is 28.6 Å². The highest BCUT2D eigenvalue weighted by molar-refractivity contribution is 5.91. The number of carboxylic acids is 1. The molecule has 6 nitrogen and oxygen atoms in total. The van der Waals surface area contributed by atoms with Gasteiger partial charge in [0.25, 0.3) is 0 Å². The van der Waals surface area contributed by atoms with Crippen LogP contribution in [0.2, 0.25) is 0 Å². The third kappa shape index (κ3) is 4.61. The fraction of sp³-hybridized carbons (Fsp3) is 0.133. The van der Waals surface area contributed by atoms with Crippen LogP contribution in [0.1, 0.15) is 16.8 Å². The number of nitrogens with zero attached hydrogens (tertiary/aromatic N) is 1. The monoisotopic (exact) mass is 286 g/mol. The van der Waals surface area contributed by atoms with Gasteiger partial charge in [-0.2, -0.15) is 0 Å². The maximum atomic E-state index is 11.7. The summed E-state index contributed by atoms with van der Waals surface area (Å²) in [5.41, 5.74) is 0.0698. The number of carbonyl (C=O) groups is 2. The molecule has 6 heteroatoms. The zero-order valence-corrected chi connectivity index (χ0v) is 11.2. The molecule has 2 rings (SSSR count). The Bertz CT molecular complexity index is 611. The highest BCUT2D eigenvalue weighted by atomic mass is 16.5. The number of benzene rings is 1. The minimum absolute atomic E-state index is 0.0698. The first kappa shape index (κ1) is 14.5. The number of hydrogen-bond donors (Lipinski definition) is 2. The zero-order chi connectivity index (χ0) is 15.1. The van der Waals surface area contributed by atoms with Gasteiger partial charge in [-0.3, -0.25) is 4.79 Å². The van der Waals surface area contributed by atoms with Crippen LogP contribution in [0.25, 0.3) is 0 Å². The Morgan fingerprint density at radius 3 is 2.52 bits per heavy atom. The second-order valence-electron chi connectivity index (χ2n) is 4.20. The van der Waals surface area contributed by atoms with Crippen LogP contribution in [0.3, 0.4) is 0 Å². The summed E-state index contributed by atoms with van der Waals surface area (Å²) in [7, 11) is 0. The number of nitrogens with one attached hydrogen (secondary N) is 1. The van der Waals surface area contributed by atoms with Crippen molar-refractivity contribution in [1.29, 1.82) is 0 Å². The largest absolute Gasteiger partial charge is 0.493 e. The first-order chi connectivity index (χ1) is 10.1. The first-order valence-corrected chi connectivity index (χ1v) is 6.32. The molecular formula is C15H14N2O4. The van der Waals surface area contributed by atoms with E-state index in [1.807, 2.05) is 30.3 Å². The van der Waals surface area contributed by atoms with Crippen molar-refractivity contribution < 1.29 is 19.4 Å². The SMILES string of the molecule is O=C(CCOc1ccccc1)Nc1ccc(C(=O)O)cn1. The summed E-state index contributed by atoms with van der Waals surface area (Å²) in [5, 5.41) is 11.3. The number of carbonyl (C=O) groups excluding carboxylic acids is 1. The molecule has 0 bridgehead atoms. The molecule has 2 N–H and O–H groups in total. The Morgan fingerprint density at radius 2 is 1.90 bits per heavy atom. The van der Waals surface area contributed by atoms with Crippen molar-refractivity contribution in [2.45, 2.75) is 6.42 Å². The van der Waals surface area contributed by atoms with Crippen LogP contribution in [0.4, 0.5) is 5.82 Å². The number of para-hydroxylation sites is 1. The fourth-order valence-electron chi connectivity index (χ4n) is 1.58. The standard InChI is InChI=1S/C15H14N2O4/c18-14(8-9-21-12-4-2-1-3-5-12)17-13-7-6-11(10-16-13)15(19)20/h1-7,10H,8-9H2,(H,19,20)(H,16,17,18). The van der Waals surface area contributed by atoms with E-state index >= 15 is 0 Å². The molecule has 1 heterocycles.